The Morgan fingerprint density at radius 3 is 1.90 bits per heavy atom. The highest BCUT2D eigenvalue weighted by Crippen LogP contribution is 2.38. The summed E-state index contributed by atoms with van der Waals surface area (Å²) in [5.41, 5.74) is 2.03. The van der Waals surface area contributed by atoms with Gasteiger partial charge in [0, 0.05) is 6.04 Å². The van der Waals surface area contributed by atoms with Crippen LogP contribution >= 0.6 is 0 Å². The van der Waals surface area contributed by atoms with Gasteiger partial charge in [0.05, 0.1) is 12.0 Å². The second kappa shape index (κ2) is 5.78. The molecule has 0 amide bonds. The topological polar surface area (TPSA) is 32.3 Å². The van der Waals surface area contributed by atoms with E-state index in [0.717, 1.165) is 13.0 Å². The van der Waals surface area contributed by atoms with Crippen molar-refractivity contribution in [3.63, 3.8) is 0 Å². The molecule has 2 aromatic rings. The van der Waals surface area contributed by atoms with Gasteiger partial charge >= 0.3 is 0 Å². The minimum atomic E-state index is -0.348. The number of aliphatic hydroxyl groups excluding tert-OH is 1. The molecule has 1 aliphatic rings. The molecule has 2 heteroatoms. The summed E-state index contributed by atoms with van der Waals surface area (Å²) in [6, 6.07) is 21.1. The van der Waals surface area contributed by atoms with Crippen LogP contribution in [0.15, 0.2) is 60.7 Å². The smallest absolute Gasteiger partial charge is 0.0586 e. The Morgan fingerprint density at radius 2 is 1.50 bits per heavy atom. The normalized spacial score (nSPS) is 19.1. The molecule has 1 heterocycles. The van der Waals surface area contributed by atoms with Gasteiger partial charge in [-0.1, -0.05) is 60.7 Å². The minimum absolute atomic E-state index is 0.124. The molecule has 0 unspecified atom stereocenters. The fourth-order valence-corrected chi connectivity index (χ4v) is 3.44. The lowest BCUT2D eigenvalue weighted by Crippen LogP contribution is -2.49. The first-order valence-electron chi connectivity index (χ1n) is 7.33. The Labute approximate surface area is 120 Å². The number of nitrogens with one attached hydrogen (secondary N) is 1. The van der Waals surface area contributed by atoms with E-state index in [9.17, 15) is 5.11 Å². The predicted octanol–water partition coefficient (Wildman–Crippen LogP) is 2.72. The van der Waals surface area contributed by atoms with Crippen molar-refractivity contribution in [1.29, 1.82) is 0 Å². The molecule has 0 saturated carbocycles. The van der Waals surface area contributed by atoms with Crippen molar-refractivity contribution in [1.82, 2.24) is 5.32 Å². The fraction of sp³-hybridized carbons (Fsp3) is 0.333. The monoisotopic (exact) mass is 267 g/mol. The molecular weight excluding hydrogens is 246 g/mol. The molecule has 2 aromatic carbocycles. The van der Waals surface area contributed by atoms with Gasteiger partial charge < -0.3 is 10.4 Å². The summed E-state index contributed by atoms with van der Waals surface area (Å²) >= 11 is 0. The highest BCUT2D eigenvalue weighted by atomic mass is 16.3. The summed E-state index contributed by atoms with van der Waals surface area (Å²) in [4.78, 5) is 0. The Hall–Kier alpha value is -1.64. The van der Waals surface area contributed by atoms with Crippen LogP contribution in [0.1, 0.15) is 24.0 Å². The number of benzene rings is 2. The van der Waals surface area contributed by atoms with E-state index in [-0.39, 0.29) is 18.1 Å². The Balaban J connectivity index is 2.15. The summed E-state index contributed by atoms with van der Waals surface area (Å²) in [5, 5.41) is 13.9. The molecule has 0 bridgehead atoms. The van der Waals surface area contributed by atoms with Crippen LogP contribution in [0.2, 0.25) is 0 Å². The predicted molar refractivity (Wildman–Crippen MR) is 81.8 cm³/mol. The van der Waals surface area contributed by atoms with Crippen LogP contribution in [-0.4, -0.2) is 24.3 Å². The zero-order chi connectivity index (χ0) is 13.8. The lowest BCUT2D eigenvalue weighted by Gasteiger charge is -2.39. The van der Waals surface area contributed by atoms with Crippen molar-refractivity contribution in [2.75, 3.05) is 13.2 Å². The van der Waals surface area contributed by atoms with Crippen molar-refractivity contribution in [2.45, 2.75) is 24.3 Å². The first kappa shape index (κ1) is 13.3. The average Bonchev–Trinajstić information content (AvgIpc) is 3.06. The van der Waals surface area contributed by atoms with Crippen LogP contribution in [0.4, 0.5) is 0 Å². The van der Waals surface area contributed by atoms with Crippen molar-refractivity contribution < 1.29 is 5.11 Å². The van der Waals surface area contributed by atoms with Gasteiger partial charge in [0.1, 0.15) is 0 Å². The first-order chi connectivity index (χ1) is 9.88. The molecule has 0 aliphatic carbocycles. The van der Waals surface area contributed by atoms with Crippen LogP contribution in [0, 0.1) is 0 Å². The molecule has 3 rings (SSSR count). The van der Waals surface area contributed by atoms with Gasteiger partial charge in [0.25, 0.3) is 0 Å². The lowest BCUT2D eigenvalue weighted by atomic mass is 9.69. The van der Waals surface area contributed by atoms with E-state index in [1.165, 1.54) is 17.5 Å². The van der Waals surface area contributed by atoms with Crippen LogP contribution in [0.3, 0.4) is 0 Å². The third kappa shape index (κ3) is 2.15. The molecule has 1 aliphatic heterocycles. The SMILES string of the molecule is OCC(c1ccccc1)(c1ccccc1)[C@@H]1CCCN1. The number of hydrogen-bond donors (Lipinski definition) is 2. The number of hydrogen-bond acceptors (Lipinski definition) is 2. The van der Waals surface area contributed by atoms with E-state index in [1.54, 1.807) is 0 Å². The van der Waals surface area contributed by atoms with Crippen molar-refractivity contribution in [3.05, 3.63) is 71.8 Å². The van der Waals surface area contributed by atoms with E-state index in [1.807, 2.05) is 12.1 Å². The molecule has 0 aromatic heterocycles. The molecule has 1 fully saturated rings. The summed E-state index contributed by atoms with van der Waals surface area (Å²) in [6.07, 6.45) is 2.27. The van der Waals surface area contributed by atoms with Crippen molar-refractivity contribution in [3.8, 4) is 0 Å². The van der Waals surface area contributed by atoms with Gasteiger partial charge in [-0.2, -0.15) is 0 Å². The van der Waals surface area contributed by atoms with Crippen molar-refractivity contribution >= 4 is 0 Å². The molecular formula is C18H21NO. The lowest BCUT2D eigenvalue weighted by molar-refractivity contribution is 0.188. The van der Waals surface area contributed by atoms with Crippen LogP contribution < -0.4 is 5.32 Å². The highest BCUT2D eigenvalue weighted by Gasteiger charge is 2.42. The molecule has 104 valence electrons. The zero-order valence-corrected chi connectivity index (χ0v) is 11.6. The molecule has 2 N–H and O–H groups in total. The number of rotatable bonds is 4. The quantitative estimate of drug-likeness (QED) is 0.892. The third-order valence-electron chi connectivity index (χ3n) is 4.48. The Bertz CT molecular complexity index is 492. The van der Waals surface area contributed by atoms with Gasteiger partial charge in [-0.15, -0.1) is 0 Å². The van der Waals surface area contributed by atoms with Crippen LogP contribution in [-0.2, 0) is 5.41 Å². The second-order valence-electron chi connectivity index (χ2n) is 5.51. The molecule has 20 heavy (non-hydrogen) atoms. The van der Waals surface area contributed by atoms with Crippen LogP contribution in [0.5, 0.6) is 0 Å². The number of aliphatic hydroxyl groups is 1. The van der Waals surface area contributed by atoms with Gasteiger partial charge in [-0.3, -0.25) is 0 Å². The van der Waals surface area contributed by atoms with Crippen molar-refractivity contribution in [2.24, 2.45) is 0 Å². The summed E-state index contributed by atoms with van der Waals surface area (Å²) < 4.78 is 0. The van der Waals surface area contributed by atoms with E-state index in [2.05, 4.69) is 53.8 Å². The molecule has 0 radical (unpaired) electrons. The fourth-order valence-electron chi connectivity index (χ4n) is 3.44. The summed E-state index contributed by atoms with van der Waals surface area (Å²) in [6.45, 7) is 1.16. The summed E-state index contributed by atoms with van der Waals surface area (Å²) in [7, 11) is 0. The molecule has 1 atom stereocenters. The zero-order valence-electron chi connectivity index (χ0n) is 11.6. The van der Waals surface area contributed by atoms with E-state index >= 15 is 0 Å². The third-order valence-corrected chi connectivity index (χ3v) is 4.48. The van der Waals surface area contributed by atoms with Gasteiger partial charge in [-0.05, 0) is 30.5 Å². The van der Waals surface area contributed by atoms with E-state index < -0.39 is 0 Å². The minimum Gasteiger partial charge on any atom is -0.395 e. The van der Waals surface area contributed by atoms with Gasteiger partial charge in [-0.25, -0.2) is 0 Å². The largest absolute Gasteiger partial charge is 0.395 e. The summed E-state index contributed by atoms with van der Waals surface area (Å²) in [5.74, 6) is 0. The Kier molecular flexibility index (Phi) is 3.86. The van der Waals surface area contributed by atoms with Gasteiger partial charge in [0.2, 0.25) is 0 Å². The highest BCUT2D eigenvalue weighted by molar-refractivity contribution is 5.42. The molecule has 1 saturated heterocycles. The maximum Gasteiger partial charge on any atom is 0.0586 e. The van der Waals surface area contributed by atoms with E-state index in [4.69, 9.17) is 0 Å². The van der Waals surface area contributed by atoms with Gasteiger partial charge in [0.15, 0.2) is 0 Å². The average molecular weight is 267 g/mol. The Morgan fingerprint density at radius 1 is 0.950 bits per heavy atom. The second-order valence-corrected chi connectivity index (χ2v) is 5.51. The molecule has 2 nitrogen and oxygen atoms in total. The maximum absolute atomic E-state index is 10.3. The molecule has 0 spiro atoms. The maximum atomic E-state index is 10.3. The van der Waals surface area contributed by atoms with Crippen LogP contribution in [0.25, 0.3) is 0 Å². The first-order valence-corrected chi connectivity index (χ1v) is 7.33. The van der Waals surface area contributed by atoms with E-state index in [0.29, 0.717) is 0 Å². The standard InChI is InChI=1S/C18H21NO/c20-14-18(17-12-7-13-19-17,15-8-3-1-4-9-15)16-10-5-2-6-11-16/h1-6,8-11,17,19-20H,7,12-14H2/t17-/m0/s1.